The Hall–Kier alpha value is -0.0900. The van der Waals surface area contributed by atoms with Gasteiger partial charge >= 0.3 is 0 Å². The number of sulfone groups is 1. The molecule has 2 rings (SSSR count). The van der Waals surface area contributed by atoms with E-state index < -0.39 is 9.84 Å². The fraction of sp³-hybridized carbons (Fsp3) is 1.00. The summed E-state index contributed by atoms with van der Waals surface area (Å²) in [5.74, 6) is 0.935. The van der Waals surface area contributed by atoms with Crippen LogP contribution in [0.5, 0.6) is 0 Å². The molecule has 4 heteroatoms. The average Bonchev–Trinajstić information content (AvgIpc) is 2.40. The lowest BCUT2D eigenvalue weighted by Crippen LogP contribution is -2.18. The minimum Gasteiger partial charge on any atom is -0.393 e. The predicted molar refractivity (Wildman–Crippen MR) is 50.1 cm³/mol. The lowest BCUT2D eigenvalue weighted by atomic mass is 10.0. The predicted octanol–water partition coefficient (Wildman–Crippen LogP) is 0.580. The van der Waals surface area contributed by atoms with E-state index >= 15 is 0 Å². The summed E-state index contributed by atoms with van der Waals surface area (Å²) in [5, 5.41) is 9.24. The van der Waals surface area contributed by atoms with E-state index in [2.05, 4.69) is 0 Å². The third-order valence-electron chi connectivity index (χ3n) is 3.55. The van der Waals surface area contributed by atoms with E-state index in [0.717, 1.165) is 25.7 Å². The molecule has 0 aromatic rings. The maximum Gasteiger partial charge on any atom is 0.150 e. The highest BCUT2D eigenvalue weighted by atomic mass is 32.2. The lowest BCUT2D eigenvalue weighted by molar-refractivity contribution is 0.172. The van der Waals surface area contributed by atoms with Crippen LogP contribution in [0.2, 0.25) is 0 Å². The average molecular weight is 204 g/mol. The molecule has 0 aromatic heterocycles. The van der Waals surface area contributed by atoms with Gasteiger partial charge in [0.15, 0.2) is 0 Å². The first-order valence-corrected chi connectivity index (χ1v) is 6.79. The molecule has 0 amide bonds. The molecule has 3 nitrogen and oxygen atoms in total. The molecular formula is C9H16O3S. The monoisotopic (exact) mass is 204 g/mol. The zero-order valence-electron chi connectivity index (χ0n) is 7.81. The van der Waals surface area contributed by atoms with Crippen molar-refractivity contribution in [3.63, 3.8) is 0 Å². The van der Waals surface area contributed by atoms with Crippen LogP contribution < -0.4 is 0 Å². The van der Waals surface area contributed by atoms with E-state index in [1.54, 1.807) is 0 Å². The summed E-state index contributed by atoms with van der Waals surface area (Å²) in [6.45, 7) is 0. The van der Waals surface area contributed by atoms with Crippen LogP contribution in [0.1, 0.15) is 25.7 Å². The SMILES string of the molecule is CS(=O)(=O)C1C[C@H]2CC(O)C[C@H]2C1. The summed E-state index contributed by atoms with van der Waals surface area (Å²) in [5.41, 5.74) is 0. The van der Waals surface area contributed by atoms with E-state index in [1.807, 2.05) is 0 Å². The van der Waals surface area contributed by atoms with Gasteiger partial charge in [-0.25, -0.2) is 8.42 Å². The highest BCUT2D eigenvalue weighted by Crippen LogP contribution is 2.45. The molecule has 0 bridgehead atoms. The highest BCUT2D eigenvalue weighted by Gasteiger charge is 2.44. The Morgan fingerprint density at radius 2 is 1.54 bits per heavy atom. The van der Waals surface area contributed by atoms with Crippen molar-refractivity contribution in [1.29, 1.82) is 0 Å². The van der Waals surface area contributed by atoms with Gasteiger partial charge in [-0.3, -0.25) is 0 Å². The maximum atomic E-state index is 11.3. The summed E-state index contributed by atoms with van der Waals surface area (Å²) >= 11 is 0. The second-order valence-corrected chi connectivity index (χ2v) is 6.89. The largest absolute Gasteiger partial charge is 0.393 e. The van der Waals surface area contributed by atoms with Gasteiger partial charge in [-0.05, 0) is 37.5 Å². The van der Waals surface area contributed by atoms with Crippen molar-refractivity contribution in [2.45, 2.75) is 37.0 Å². The number of fused-ring (bicyclic) bond motifs is 1. The van der Waals surface area contributed by atoms with Crippen LogP contribution in [0, 0.1) is 11.8 Å². The van der Waals surface area contributed by atoms with Crippen LogP contribution in [0.15, 0.2) is 0 Å². The summed E-state index contributed by atoms with van der Waals surface area (Å²) in [4.78, 5) is 0. The van der Waals surface area contributed by atoms with Crippen molar-refractivity contribution in [1.82, 2.24) is 0 Å². The smallest absolute Gasteiger partial charge is 0.150 e. The van der Waals surface area contributed by atoms with Gasteiger partial charge in [0.2, 0.25) is 0 Å². The number of aliphatic hydroxyl groups is 1. The molecule has 13 heavy (non-hydrogen) atoms. The highest BCUT2D eigenvalue weighted by molar-refractivity contribution is 7.91. The molecule has 0 radical (unpaired) electrons. The van der Waals surface area contributed by atoms with E-state index in [1.165, 1.54) is 6.26 Å². The molecule has 0 spiro atoms. The molecule has 4 atom stereocenters. The van der Waals surface area contributed by atoms with Gasteiger partial charge in [0.05, 0.1) is 11.4 Å². The summed E-state index contributed by atoms with van der Waals surface area (Å²) in [6, 6.07) is 0. The Bertz CT molecular complexity index is 282. The Labute approximate surface area is 79.1 Å². The zero-order chi connectivity index (χ0) is 9.64. The van der Waals surface area contributed by atoms with Gasteiger partial charge in [-0.2, -0.15) is 0 Å². The number of hydrogen-bond acceptors (Lipinski definition) is 3. The van der Waals surface area contributed by atoms with E-state index in [9.17, 15) is 13.5 Å². The van der Waals surface area contributed by atoms with Crippen LogP contribution in [0.4, 0.5) is 0 Å². The molecule has 2 aliphatic carbocycles. The second-order valence-electron chi connectivity index (χ2n) is 4.57. The van der Waals surface area contributed by atoms with Crippen molar-refractivity contribution in [2.24, 2.45) is 11.8 Å². The first-order chi connectivity index (χ1) is 5.97. The Morgan fingerprint density at radius 1 is 1.08 bits per heavy atom. The van der Waals surface area contributed by atoms with Crippen LogP contribution in [-0.4, -0.2) is 31.1 Å². The molecule has 2 unspecified atom stereocenters. The second kappa shape index (κ2) is 2.95. The Balaban J connectivity index is 2.06. The summed E-state index contributed by atoms with van der Waals surface area (Å²) in [6.07, 6.45) is 4.35. The molecule has 0 aliphatic heterocycles. The van der Waals surface area contributed by atoms with E-state index in [-0.39, 0.29) is 11.4 Å². The van der Waals surface area contributed by atoms with Gasteiger partial charge in [-0.1, -0.05) is 0 Å². The third kappa shape index (κ3) is 1.74. The van der Waals surface area contributed by atoms with E-state index in [4.69, 9.17) is 0 Å². The van der Waals surface area contributed by atoms with Crippen LogP contribution in [0.3, 0.4) is 0 Å². The van der Waals surface area contributed by atoms with E-state index in [0.29, 0.717) is 11.8 Å². The summed E-state index contributed by atoms with van der Waals surface area (Å²) < 4.78 is 22.6. The van der Waals surface area contributed by atoms with Gasteiger partial charge in [0.1, 0.15) is 9.84 Å². The van der Waals surface area contributed by atoms with Crippen molar-refractivity contribution in [3.8, 4) is 0 Å². The topological polar surface area (TPSA) is 54.4 Å². The van der Waals surface area contributed by atoms with Gasteiger partial charge < -0.3 is 5.11 Å². The molecule has 76 valence electrons. The third-order valence-corrected chi connectivity index (χ3v) is 5.15. The normalized spacial score (nSPS) is 45.1. The number of rotatable bonds is 1. The minimum absolute atomic E-state index is 0.130. The fourth-order valence-electron chi connectivity index (χ4n) is 2.88. The lowest BCUT2D eigenvalue weighted by Gasteiger charge is -2.09. The maximum absolute atomic E-state index is 11.3. The molecule has 1 N–H and O–H groups in total. The van der Waals surface area contributed by atoms with Gasteiger partial charge in [0, 0.05) is 6.26 Å². The van der Waals surface area contributed by atoms with Crippen LogP contribution in [-0.2, 0) is 9.84 Å². The molecule has 0 aromatic carbocycles. The zero-order valence-corrected chi connectivity index (χ0v) is 8.63. The van der Waals surface area contributed by atoms with Crippen LogP contribution in [0.25, 0.3) is 0 Å². The number of hydrogen-bond donors (Lipinski definition) is 1. The Kier molecular flexibility index (Phi) is 2.15. The van der Waals surface area contributed by atoms with Crippen molar-refractivity contribution in [3.05, 3.63) is 0 Å². The fourth-order valence-corrected chi connectivity index (χ4v) is 4.07. The standard InChI is InChI=1S/C9H16O3S/c1-13(11,12)9-4-6-2-8(10)3-7(6)5-9/h6-10H,2-5H2,1H3/t6-,7+,8?,9?. The molecular weight excluding hydrogens is 188 g/mol. The molecule has 0 saturated heterocycles. The number of aliphatic hydroxyl groups excluding tert-OH is 1. The quantitative estimate of drug-likeness (QED) is 0.680. The minimum atomic E-state index is -2.84. The first-order valence-electron chi connectivity index (χ1n) is 4.83. The molecule has 0 heterocycles. The van der Waals surface area contributed by atoms with Crippen molar-refractivity contribution in [2.75, 3.05) is 6.26 Å². The van der Waals surface area contributed by atoms with Crippen molar-refractivity contribution >= 4 is 9.84 Å². The molecule has 2 saturated carbocycles. The first kappa shape index (κ1) is 9.46. The van der Waals surface area contributed by atoms with Gasteiger partial charge in [-0.15, -0.1) is 0 Å². The molecule has 2 fully saturated rings. The summed E-state index contributed by atoms with van der Waals surface area (Å²) in [7, 11) is -2.84. The molecule has 2 aliphatic rings. The Morgan fingerprint density at radius 3 is 1.92 bits per heavy atom. The van der Waals surface area contributed by atoms with Crippen LogP contribution >= 0.6 is 0 Å². The van der Waals surface area contributed by atoms with Crippen molar-refractivity contribution < 1.29 is 13.5 Å². The van der Waals surface area contributed by atoms with Gasteiger partial charge in [0.25, 0.3) is 0 Å².